The summed E-state index contributed by atoms with van der Waals surface area (Å²) in [4.78, 5) is 0. The van der Waals surface area contributed by atoms with Gasteiger partial charge < -0.3 is 5.32 Å². The van der Waals surface area contributed by atoms with Gasteiger partial charge in [-0.2, -0.15) is 0 Å². The summed E-state index contributed by atoms with van der Waals surface area (Å²) in [6.45, 7) is 6.41. The third-order valence-electron chi connectivity index (χ3n) is 3.64. The highest BCUT2D eigenvalue weighted by molar-refractivity contribution is 5.20. The molecular weight excluding hydrogens is 220 g/mol. The Morgan fingerprint density at radius 3 is 2.41 bits per heavy atom. The van der Waals surface area contributed by atoms with Crippen LogP contribution >= 0.6 is 0 Å². The minimum absolute atomic E-state index is 0.0789. The molecule has 1 nitrogen and oxygen atoms in total. The van der Waals surface area contributed by atoms with Crippen molar-refractivity contribution in [1.82, 2.24) is 5.32 Å². The van der Waals surface area contributed by atoms with Crippen molar-refractivity contribution in [1.29, 1.82) is 0 Å². The average molecular weight is 241 g/mol. The second-order valence-electron chi connectivity index (χ2n) is 5.12. The van der Waals surface area contributed by atoms with Crippen LogP contribution in [0.4, 0.5) is 8.78 Å². The lowest BCUT2D eigenvalue weighted by atomic mass is 9.79. The minimum atomic E-state index is -0.526. The van der Waals surface area contributed by atoms with Crippen LogP contribution in [0.15, 0.2) is 18.2 Å². The fraction of sp³-hybridized carbons (Fsp3) is 0.571. The van der Waals surface area contributed by atoms with Crippen molar-refractivity contribution in [2.45, 2.75) is 39.7 Å². The first-order chi connectivity index (χ1) is 7.90. The van der Waals surface area contributed by atoms with E-state index in [1.165, 1.54) is 12.1 Å². The van der Waals surface area contributed by atoms with Crippen LogP contribution in [0.25, 0.3) is 0 Å². The second-order valence-corrected chi connectivity index (χ2v) is 5.12. The fourth-order valence-electron chi connectivity index (χ4n) is 1.92. The van der Waals surface area contributed by atoms with Crippen molar-refractivity contribution in [2.75, 3.05) is 7.05 Å². The molecule has 1 unspecified atom stereocenters. The van der Waals surface area contributed by atoms with Gasteiger partial charge in [-0.15, -0.1) is 0 Å². The molecule has 0 radical (unpaired) electrons. The van der Waals surface area contributed by atoms with Gasteiger partial charge in [-0.05, 0) is 36.9 Å². The SMILES string of the molecule is CCC(C)(C)C(Cc1ccc(F)cc1F)NC. The summed E-state index contributed by atoms with van der Waals surface area (Å²) >= 11 is 0. The van der Waals surface area contributed by atoms with Crippen molar-refractivity contribution >= 4 is 0 Å². The Hall–Kier alpha value is -0.960. The summed E-state index contributed by atoms with van der Waals surface area (Å²) in [5.41, 5.74) is 0.641. The topological polar surface area (TPSA) is 12.0 Å². The molecule has 1 rings (SSSR count). The molecule has 1 aromatic carbocycles. The lowest BCUT2D eigenvalue weighted by molar-refractivity contribution is 0.239. The molecule has 0 spiro atoms. The van der Waals surface area contributed by atoms with E-state index in [1.807, 2.05) is 7.05 Å². The van der Waals surface area contributed by atoms with Crippen LogP contribution in [-0.2, 0) is 6.42 Å². The van der Waals surface area contributed by atoms with Gasteiger partial charge in [0.25, 0.3) is 0 Å². The van der Waals surface area contributed by atoms with Gasteiger partial charge in [0.05, 0.1) is 0 Å². The normalized spacial score (nSPS) is 13.8. The summed E-state index contributed by atoms with van der Waals surface area (Å²) in [5.74, 6) is -0.987. The first-order valence-electron chi connectivity index (χ1n) is 6.02. The Morgan fingerprint density at radius 2 is 1.94 bits per heavy atom. The van der Waals surface area contributed by atoms with E-state index >= 15 is 0 Å². The van der Waals surface area contributed by atoms with Gasteiger partial charge in [-0.3, -0.25) is 0 Å². The molecule has 3 heteroatoms. The zero-order valence-electron chi connectivity index (χ0n) is 11.0. The van der Waals surface area contributed by atoms with Crippen LogP contribution < -0.4 is 5.32 Å². The maximum atomic E-state index is 13.6. The van der Waals surface area contributed by atoms with Gasteiger partial charge in [-0.25, -0.2) is 8.78 Å². The molecule has 1 N–H and O–H groups in total. The van der Waals surface area contributed by atoms with Gasteiger partial charge >= 0.3 is 0 Å². The number of rotatable bonds is 5. The first-order valence-corrected chi connectivity index (χ1v) is 6.02. The minimum Gasteiger partial charge on any atom is -0.316 e. The van der Waals surface area contributed by atoms with Crippen LogP contribution in [0.5, 0.6) is 0 Å². The maximum absolute atomic E-state index is 13.6. The fourth-order valence-corrected chi connectivity index (χ4v) is 1.92. The number of nitrogens with one attached hydrogen (secondary N) is 1. The van der Waals surface area contributed by atoms with Crippen LogP contribution in [0.3, 0.4) is 0 Å². The van der Waals surface area contributed by atoms with E-state index in [4.69, 9.17) is 0 Å². The molecule has 96 valence electrons. The van der Waals surface area contributed by atoms with E-state index in [2.05, 4.69) is 26.1 Å². The standard InChI is InChI=1S/C14H21F2N/c1-5-14(2,3)13(17-4)8-10-6-7-11(15)9-12(10)16/h6-7,9,13,17H,5,8H2,1-4H3. The molecule has 17 heavy (non-hydrogen) atoms. The Labute approximate surface area is 102 Å². The molecule has 0 bridgehead atoms. The van der Waals surface area contributed by atoms with Gasteiger partial charge in [0.2, 0.25) is 0 Å². The van der Waals surface area contributed by atoms with Gasteiger partial charge in [0.1, 0.15) is 11.6 Å². The molecule has 0 aliphatic carbocycles. The molecule has 0 aromatic heterocycles. The summed E-state index contributed by atoms with van der Waals surface area (Å²) in [7, 11) is 1.88. The number of likely N-dealkylation sites (N-methyl/N-ethyl adjacent to an activating group) is 1. The smallest absolute Gasteiger partial charge is 0.129 e. The molecule has 0 saturated carbocycles. The monoisotopic (exact) mass is 241 g/mol. The summed E-state index contributed by atoms with van der Waals surface area (Å²) in [6.07, 6.45) is 1.57. The van der Waals surface area contributed by atoms with Crippen molar-refractivity contribution in [3.8, 4) is 0 Å². The van der Waals surface area contributed by atoms with Crippen molar-refractivity contribution in [3.05, 3.63) is 35.4 Å². The Balaban J connectivity index is 2.88. The lowest BCUT2D eigenvalue weighted by Crippen LogP contribution is -2.41. The molecule has 0 amide bonds. The zero-order valence-corrected chi connectivity index (χ0v) is 11.0. The van der Waals surface area contributed by atoms with Gasteiger partial charge in [0, 0.05) is 12.1 Å². The highest BCUT2D eigenvalue weighted by Crippen LogP contribution is 2.27. The lowest BCUT2D eigenvalue weighted by Gasteiger charge is -2.33. The van der Waals surface area contributed by atoms with E-state index in [0.29, 0.717) is 12.0 Å². The predicted molar refractivity (Wildman–Crippen MR) is 67.0 cm³/mol. The molecule has 0 saturated heterocycles. The molecule has 0 fully saturated rings. The number of hydrogen-bond donors (Lipinski definition) is 1. The van der Waals surface area contributed by atoms with Crippen molar-refractivity contribution in [3.63, 3.8) is 0 Å². The predicted octanol–water partition coefficient (Wildman–Crippen LogP) is 3.53. The third-order valence-corrected chi connectivity index (χ3v) is 3.64. The highest BCUT2D eigenvalue weighted by atomic mass is 19.1. The zero-order chi connectivity index (χ0) is 13.1. The van der Waals surface area contributed by atoms with E-state index in [-0.39, 0.29) is 11.5 Å². The molecule has 1 atom stereocenters. The van der Waals surface area contributed by atoms with Crippen LogP contribution in [-0.4, -0.2) is 13.1 Å². The molecule has 0 aliphatic rings. The first kappa shape index (κ1) is 14.1. The van der Waals surface area contributed by atoms with E-state index in [1.54, 1.807) is 0 Å². The van der Waals surface area contributed by atoms with Gasteiger partial charge in [0.15, 0.2) is 0 Å². The van der Waals surface area contributed by atoms with Crippen LogP contribution in [0.2, 0.25) is 0 Å². The Kier molecular flexibility index (Phi) is 4.63. The molecule has 0 aliphatic heterocycles. The largest absolute Gasteiger partial charge is 0.316 e. The summed E-state index contributed by atoms with van der Waals surface area (Å²) in [6, 6.07) is 3.96. The Morgan fingerprint density at radius 1 is 1.29 bits per heavy atom. The van der Waals surface area contributed by atoms with E-state index < -0.39 is 11.6 Å². The van der Waals surface area contributed by atoms with Gasteiger partial charge in [-0.1, -0.05) is 26.8 Å². The molecule has 1 aromatic rings. The summed E-state index contributed by atoms with van der Waals surface area (Å²) < 4.78 is 26.4. The van der Waals surface area contributed by atoms with Crippen LogP contribution in [0, 0.1) is 17.0 Å². The quantitative estimate of drug-likeness (QED) is 0.831. The number of halogens is 2. The Bertz CT molecular complexity index is 374. The van der Waals surface area contributed by atoms with Crippen LogP contribution in [0.1, 0.15) is 32.8 Å². The van der Waals surface area contributed by atoms with Crippen molar-refractivity contribution < 1.29 is 8.78 Å². The third kappa shape index (κ3) is 3.50. The van der Waals surface area contributed by atoms with Crippen molar-refractivity contribution in [2.24, 2.45) is 5.41 Å². The average Bonchev–Trinajstić information content (AvgIpc) is 2.27. The highest BCUT2D eigenvalue weighted by Gasteiger charge is 2.27. The molecular formula is C14H21F2N. The number of hydrogen-bond acceptors (Lipinski definition) is 1. The summed E-state index contributed by atoms with van der Waals surface area (Å²) in [5, 5.41) is 3.22. The maximum Gasteiger partial charge on any atom is 0.129 e. The van der Waals surface area contributed by atoms with E-state index in [9.17, 15) is 8.78 Å². The van der Waals surface area contributed by atoms with E-state index in [0.717, 1.165) is 12.5 Å². The number of benzene rings is 1. The second kappa shape index (κ2) is 5.58. The molecule has 0 heterocycles.